The first-order valence-electron chi connectivity index (χ1n) is 8.40. The minimum Gasteiger partial charge on any atom is -0.388 e. The van der Waals surface area contributed by atoms with Crippen molar-refractivity contribution in [1.29, 1.82) is 0 Å². The molecule has 2 fully saturated rings. The number of hydrogen-bond donors (Lipinski definition) is 1. The van der Waals surface area contributed by atoms with Gasteiger partial charge in [0.1, 0.15) is 0 Å². The number of rotatable bonds is 9. The van der Waals surface area contributed by atoms with Gasteiger partial charge < -0.3 is 14.6 Å². The third-order valence-corrected chi connectivity index (χ3v) is 3.16. The van der Waals surface area contributed by atoms with Crippen LogP contribution in [-0.4, -0.2) is 30.7 Å². The first-order valence-corrected chi connectivity index (χ1v) is 8.40. The summed E-state index contributed by atoms with van der Waals surface area (Å²) in [5.41, 5.74) is 0. The SMILES string of the molecule is CCOC(C/C=C/C=C/C(O)[C]1[CH][CH][CH][CH]1)OCC.[CH]1[CH][CH][CH][CH]1.[Fe+2]. The molecule has 2 aliphatic carbocycles. The van der Waals surface area contributed by atoms with E-state index in [0.717, 1.165) is 5.92 Å². The van der Waals surface area contributed by atoms with Gasteiger partial charge in [0.15, 0.2) is 6.29 Å². The van der Waals surface area contributed by atoms with Gasteiger partial charge in [-0.25, -0.2) is 0 Å². The van der Waals surface area contributed by atoms with Gasteiger partial charge in [-0.3, -0.25) is 0 Å². The van der Waals surface area contributed by atoms with E-state index in [1.165, 1.54) is 0 Å². The van der Waals surface area contributed by atoms with Crippen LogP contribution in [0.1, 0.15) is 20.3 Å². The molecule has 0 aromatic rings. The van der Waals surface area contributed by atoms with Crippen molar-refractivity contribution in [3.8, 4) is 0 Å². The van der Waals surface area contributed by atoms with Gasteiger partial charge in [0.05, 0.1) is 6.10 Å². The molecule has 136 valence electrons. The van der Waals surface area contributed by atoms with Gasteiger partial charge in [-0.2, -0.15) is 0 Å². The fourth-order valence-electron chi connectivity index (χ4n) is 2.01. The molecule has 2 rings (SSSR count). The molecule has 4 heteroatoms. The van der Waals surface area contributed by atoms with Crippen LogP contribution >= 0.6 is 0 Å². The summed E-state index contributed by atoms with van der Waals surface area (Å²) in [4.78, 5) is 0. The molecule has 10 radical (unpaired) electrons. The van der Waals surface area contributed by atoms with E-state index in [4.69, 9.17) is 9.47 Å². The van der Waals surface area contributed by atoms with Crippen LogP contribution < -0.4 is 0 Å². The van der Waals surface area contributed by atoms with E-state index in [0.29, 0.717) is 19.6 Å². The molecule has 1 atom stereocenters. The summed E-state index contributed by atoms with van der Waals surface area (Å²) in [5.74, 6) is 0.908. The van der Waals surface area contributed by atoms with Crippen molar-refractivity contribution in [2.45, 2.75) is 32.7 Å². The quantitative estimate of drug-likeness (QED) is 0.375. The molecule has 0 aromatic heterocycles. The van der Waals surface area contributed by atoms with Gasteiger partial charge in [0.25, 0.3) is 0 Å². The number of hydrogen-bond acceptors (Lipinski definition) is 3. The van der Waals surface area contributed by atoms with Crippen LogP contribution in [0.25, 0.3) is 0 Å². The van der Waals surface area contributed by atoms with Gasteiger partial charge in [0.2, 0.25) is 0 Å². The van der Waals surface area contributed by atoms with Gasteiger partial charge >= 0.3 is 17.1 Å². The van der Waals surface area contributed by atoms with Crippen molar-refractivity contribution in [1.82, 2.24) is 0 Å². The van der Waals surface area contributed by atoms with Crippen molar-refractivity contribution in [3.63, 3.8) is 0 Å². The zero-order valence-corrected chi connectivity index (χ0v) is 16.0. The molecular weight excluding hydrogens is 356 g/mol. The second-order valence-electron chi connectivity index (χ2n) is 5.01. The second kappa shape index (κ2) is 17.3. The molecule has 25 heavy (non-hydrogen) atoms. The Morgan fingerprint density at radius 2 is 1.40 bits per heavy atom. The first-order chi connectivity index (χ1) is 11.8. The van der Waals surface area contributed by atoms with Crippen LogP contribution in [0.15, 0.2) is 24.3 Å². The Morgan fingerprint density at radius 1 is 0.880 bits per heavy atom. The van der Waals surface area contributed by atoms with E-state index in [1.54, 1.807) is 6.08 Å². The average Bonchev–Trinajstić information content (AvgIpc) is 3.30. The van der Waals surface area contributed by atoms with E-state index in [-0.39, 0.29) is 23.4 Å². The normalized spacial score (nSPS) is 19.4. The summed E-state index contributed by atoms with van der Waals surface area (Å²) in [7, 11) is 0. The Balaban J connectivity index is 0.000000820. The molecule has 0 saturated heterocycles. The summed E-state index contributed by atoms with van der Waals surface area (Å²) < 4.78 is 10.8. The molecule has 3 nitrogen and oxygen atoms in total. The first kappa shape index (κ1) is 24.9. The Hall–Kier alpha value is -0.121. The monoisotopic (exact) mass is 384 g/mol. The topological polar surface area (TPSA) is 38.7 Å². The maximum absolute atomic E-state index is 9.82. The Morgan fingerprint density at radius 3 is 1.88 bits per heavy atom. The van der Waals surface area contributed by atoms with Gasteiger partial charge in [-0.1, -0.05) is 24.3 Å². The van der Waals surface area contributed by atoms with Crippen molar-refractivity contribution < 1.29 is 31.6 Å². The fraction of sp³-hybridized carbons (Fsp3) is 0.333. The summed E-state index contributed by atoms with van der Waals surface area (Å²) in [6, 6.07) is 0. The largest absolute Gasteiger partial charge is 2.00 e. The molecule has 2 aliphatic rings. The van der Waals surface area contributed by atoms with Gasteiger partial charge in [0, 0.05) is 25.6 Å². The fourth-order valence-corrected chi connectivity index (χ4v) is 2.01. The average molecular weight is 384 g/mol. The van der Waals surface area contributed by atoms with Crippen LogP contribution in [0.2, 0.25) is 0 Å². The molecule has 0 aliphatic heterocycles. The molecule has 0 spiro atoms. The van der Waals surface area contributed by atoms with Crippen LogP contribution in [0, 0.1) is 63.7 Å². The third-order valence-electron chi connectivity index (χ3n) is 3.16. The summed E-state index contributed by atoms with van der Waals surface area (Å²) in [6.07, 6.45) is 25.1. The smallest absolute Gasteiger partial charge is 0.388 e. The maximum atomic E-state index is 9.82. The van der Waals surface area contributed by atoms with Crippen LogP contribution in [-0.2, 0) is 26.5 Å². The molecular formula is C21H28FeO3+2. The zero-order chi connectivity index (χ0) is 17.5. The Kier molecular flexibility index (Phi) is 17.2. The predicted molar refractivity (Wildman–Crippen MR) is 97.9 cm³/mol. The van der Waals surface area contributed by atoms with Crippen LogP contribution in [0.4, 0.5) is 0 Å². The Labute approximate surface area is 165 Å². The molecule has 2 saturated carbocycles. The predicted octanol–water partition coefficient (Wildman–Crippen LogP) is 3.67. The van der Waals surface area contributed by atoms with E-state index in [2.05, 4.69) is 0 Å². The zero-order valence-electron chi connectivity index (χ0n) is 14.9. The molecule has 0 aromatic carbocycles. The van der Waals surface area contributed by atoms with Crippen molar-refractivity contribution >= 4 is 0 Å². The molecule has 1 N–H and O–H groups in total. The minimum atomic E-state index is -0.547. The van der Waals surface area contributed by atoms with Gasteiger partial charge in [-0.15, -0.1) is 0 Å². The third kappa shape index (κ3) is 12.8. The van der Waals surface area contributed by atoms with Crippen LogP contribution in [0.3, 0.4) is 0 Å². The number of allylic oxidation sites excluding steroid dienone is 2. The van der Waals surface area contributed by atoms with Crippen molar-refractivity contribution in [2.75, 3.05) is 13.2 Å². The second-order valence-corrected chi connectivity index (χ2v) is 5.01. The standard InChI is InChI=1S/C16H23O3.C5H5.Fe/c1-3-18-16(19-4-2)13-7-5-6-12-15(17)14-10-8-9-11-14;1-2-4-5-3-1;/h5-12,15-17H,3-4,13H2,1-2H3;1-5H;/q;;+2/b7-5+,12-6+;;. The minimum absolute atomic E-state index is 0. The van der Waals surface area contributed by atoms with Gasteiger partial charge in [-0.05, 0) is 71.6 Å². The Bertz CT molecular complexity index is 320. The van der Waals surface area contributed by atoms with Crippen molar-refractivity contribution in [3.05, 3.63) is 88.0 Å². The molecule has 0 amide bonds. The van der Waals surface area contributed by atoms with E-state index in [9.17, 15) is 5.11 Å². The van der Waals surface area contributed by atoms with Crippen LogP contribution in [0.5, 0.6) is 0 Å². The maximum Gasteiger partial charge on any atom is 2.00 e. The van der Waals surface area contributed by atoms with E-state index in [1.807, 2.05) is 89.9 Å². The van der Waals surface area contributed by atoms with E-state index >= 15 is 0 Å². The number of aliphatic hydroxyl groups is 1. The van der Waals surface area contributed by atoms with Crippen molar-refractivity contribution in [2.24, 2.45) is 0 Å². The number of ether oxygens (including phenoxy) is 2. The van der Waals surface area contributed by atoms with E-state index < -0.39 is 6.10 Å². The molecule has 0 heterocycles. The number of aliphatic hydroxyl groups excluding tert-OH is 1. The molecule has 1 unspecified atom stereocenters. The summed E-state index contributed by atoms with van der Waals surface area (Å²) in [6.45, 7) is 5.19. The molecule has 0 bridgehead atoms. The summed E-state index contributed by atoms with van der Waals surface area (Å²) in [5, 5.41) is 9.82. The summed E-state index contributed by atoms with van der Waals surface area (Å²) >= 11 is 0.